The van der Waals surface area contributed by atoms with E-state index in [-0.39, 0.29) is 5.78 Å². The third-order valence-corrected chi connectivity index (χ3v) is 6.44. The second kappa shape index (κ2) is 9.47. The summed E-state index contributed by atoms with van der Waals surface area (Å²) in [5.74, 6) is 0.598. The summed E-state index contributed by atoms with van der Waals surface area (Å²) in [7, 11) is 1.60. The molecule has 5 aromatic carbocycles. The first-order valence-corrected chi connectivity index (χ1v) is 11.7. The maximum atomic E-state index is 12.6. The van der Waals surface area contributed by atoms with Crippen LogP contribution in [0.2, 0.25) is 0 Å². The Bertz CT molecular complexity index is 1560. The highest BCUT2D eigenvalue weighted by Gasteiger charge is 2.21. The molecule has 0 unspecified atom stereocenters. The average molecular weight is 458 g/mol. The van der Waals surface area contributed by atoms with E-state index in [1.54, 1.807) is 14.0 Å². The lowest BCUT2D eigenvalue weighted by molar-refractivity contribution is -0.111. The average Bonchev–Trinajstić information content (AvgIpc) is 2.90. The summed E-state index contributed by atoms with van der Waals surface area (Å²) in [5.41, 5.74) is 4.69. The molecule has 5 aromatic rings. The Balaban J connectivity index is 1.84. The molecule has 5 rings (SSSR count). The highest BCUT2D eigenvalue weighted by atomic mass is 16.5. The second-order valence-electron chi connectivity index (χ2n) is 8.54. The van der Waals surface area contributed by atoms with Crippen molar-refractivity contribution < 1.29 is 9.53 Å². The molecule has 3 heteroatoms. The van der Waals surface area contributed by atoms with Crippen LogP contribution < -0.4 is 4.90 Å². The fourth-order valence-corrected chi connectivity index (χ4v) is 4.81. The smallest absolute Gasteiger partial charge is 0.163 e. The van der Waals surface area contributed by atoms with Gasteiger partial charge < -0.3 is 9.64 Å². The zero-order chi connectivity index (χ0) is 24.4. The van der Waals surface area contributed by atoms with Gasteiger partial charge in [0.15, 0.2) is 5.78 Å². The normalized spacial score (nSPS) is 11.9. The molecule has 0 atom stereocenters. The number of hydrogen-bond donors (Lipinski definition) is 0. The third kappa shape index (κ3) is 4.06. The summed E-state index contributed by atoms with van der Waals surface area (Å²) < 4.78 is 5.49. The summed E-state index contributed by atoms with van der Waals surface area (Å²) in [5, 5.41) is 4.42. The molecule has 0 aliphatic heterocycles. The lowest BCUT2D eigenvalue weighted by atomic mass is 9.93. The van der Waals surface area contributed by atoms with Gasteiger partial charge in [0.1, 0.15) is 5.76 Å². The lowest BCUT2D eigenvalue weighted by Gasteiger charge is -2.28. The van der Waals surface area contributed by atoms with E-state index in [0.717, 1.165) is 33.4 Å². The molecule has 0 heterocycles. The van der Waals surface area contributed by atoms with Crippen molar-refractivity contribution in [1.82, 2.24) is 0 Å². The van der Waals surface area contributed by atoms with Crippen molar-refractivity contribution in [3.05, 3.63) is 121 Å². The Morgan fingerprint density at radius 3 is 1.94 bits per heavy atom. The van der Waals surface area contributed by atoms with E-state index in [0.29, 0.717) is 11.3 Å². The van der Waals surface area contributed by atoms with Crippen molar-refractivity contribution >= 4 is 50.0 Å². The molecule has 172 valence electrons. The molecule has 0 bridgehead atoms. The Hall–Kier alpha value is -4.37. The number of carbonyl (C=O) groups is 1. The lowest BCUT2D eigenvalue weighted by Crippen LogP contribution is -2.11. The number of anilines is 3. The SMILES string of the molecule is CO/C(C)=C(\C(C)=O)c1ccc(N(c2ccccc2)c2cccc3ccccc23)c2ccccc12. The van der Waals surface area contributed by atoms with Gasteiger partial charge in [0.2, 0.25) is 0 Å². The quantitative estimate of drug-likeness (QED) is 0.189. The molecule has 0 aliphatic carbocycles. The van der Waals surface area contributed by atoms with Crippen molar-refractivity contribution in [1.29, 1.82) is 0 Å². The highest BCUT2D eigenvalue weighted by Crippen LogP contribution is 2.43. The Morgan fingerprint density at radius 1 is 0.629 bits per heavy atom. The predicted molar refractivity (Wildman–Crippen MR) is 146 cm³/mol. The second-order valence-corrected chi connectivity index (χ2v) is 8.54. The van der Waals surface area contributed by atoms with Gasteiger partial charge in [-0.2, -0.15) is 0 Å². The van der Waals surface area contributed by atoms with E-state index in [1.807, 2.05) is 31.2 Å². The van der Waals surface area contributed by atoms with E-state index in [1.165, 1.54) is 10.8 Å². The standard InChI is InChI=1S/C32H27NO2/c1-22(34)32(23(2)35-3)29-20-21-31(28-18-10-9-17-27(28)29)33(25-14-5-4-6-15-25)30-19-11-13-24-12-7-8-16-26(24)30/h4-21H,1-3H3/b32-23+. The van der Waals surface area contributed by atoms with Gasteiger partial charge in [-0.15, -0.1) is 0 Å². The summed E-state index contributed by atoms with van der Waals surface area (Å²) in [6, 6.07) is 37.6. The molecule has 0 aromatic heterocycles. The van der Waals surface area contributed by atoms with Crippen molar-refractivity contribution in [2.75, 3.05) is 12.0 Å². The molecule has 0 aliphatic rings. The van der Waals surface area contributed by atoms with Crippen LogP contribution in [0.5, 0.6) is 0 Å². The molecular formula is C32H27NO2. The van der Waals surface area contributed by atoms with Gasteiger partial charge in [-0.25, -0.2) is 0 Å². The molecule has 0 N–H and O–H groups in total. The number of Topliss-reactive ketones (excluding diaryl/α,β-unsaturated/α-hetero) is 1. The number of ether oxygens (including phenoxy) is 1. The first kappa shape index (κ1) is 22.4. The Kier molecular flexibility index (Phi) is 6.07. The molecule has 0 saturated carbocycles. The van der Waals surface area contributed by atoms with Crippen LogP contribution in [-0.4, -0.2) is 12.9 Å². The summed E-state index contributed by atoms with van der Waals surface area (Å²) in [6.45, 7) is 3.43. The molecule has 0 fully saturated rings. The van der Waals surface area contributed by atoms with Crippen LogP contribution in [0.25, 0.3) is 27.1 Å². The van der Waals surface area contributed by atoms with Crippen LogP contribution in [0.15, 0.2) is 115 Å². The topological polar surface area (TPSA) is 29.5 Å². The van der Waals surface area contributed by atoms with Crippen molar-refractivity contribution in [3.8, 4) is 0 Å². The van der Waals surface area contributed by atoms with Crippen LogP contribution in [-0.2, 0) is 9.53 Å². The van der Waals surface area contributed by atoms with Crippen LogP contribution in [0, 0.1) is 0 Å². The number of benzene rings is 5. The maximum Gasteiger partial charge on any atom is 0.163 e. The Morgan fingerprint density at radius 2 is 1.23 bits per heavy atom. The van der Waals surface area contributed by atoms with Crippen LogP contribution in [0.1, 0.15) is 19.4 Å². The molecule has 0 radical (unpaired) electrons. The summed E-state index contributed by atoms with van der Waals surface area (Å²) >= 11 is 0. The number of allylic oxidation sites excluding steroid dienone is 2. The van der Waals surface area contributed by atoms with Gasteiger partial charge >= 0.3 is 0 Å². The molecule has 0 spiro atoms. The maximum absolute atomic E-state index is 12.6. The number of carbonyl (C=O) groups excluding carboxylic acids is 1. The summed E-state index contributed by atoms with van der Waals surface area (Å²) in [4.78, 5) is 14.9. The minimum absolute atomic E-state index is 0.0174. The Labute approximate surface area is 205 Å². The fourth-order valence-electron chi connectivity index (χ4n) is 4.81. The highest BCUT2D eigenvalue weighted by molar-refractivity contribution is 6.24. The number of nitrogens with zero attached hydrogens (tertiary/aromatic N) is 1. The van der Waals surface area contributed by atoms with Crippen molar-refractivity contribution in [2.45, 2.75) is 13.8 Å². The number of fused-ring (bicyclic) bond motifs is 2. The van der Waals surface area contributed by atoms with E-state index in [9.17, 15) is 4.79 Å². The zero-order valence-electron chi connectivity index (χ0n) is 20.2. The van der Waals surface area contributed by atoms with Crippen LogP contribution >= 0.6 is 0 Å². The van der Waals surface area contributed by atoms with E-state index in [2.05, 4.69) is 89.8 Å². The van der Waals surface area contributed by atoms with E-state index < -0.39 is 0 Å². The van der Waals surface area contributed by atoms with Gasteiger partial charge in [-0.05, 0) is 54.4 Å². The van der Waals surface area contributed by atoms with E-state index >= 15 is 0 Å². The number of hydrogen-bond acceptors (Lipinski definition) is 3. The molecule has 0 amide bonds. The molecule has 3 nitrogen and oxygen atoms in total. The summed E-state index contributed by atoms with van der Waals surface area (Å²) in [6.07, 6.45) is 0. The number of methoxy groups -OCH3 is 1. The van der Waals surface area contributed by atoms with Gasteiger partial charge in [0.25, 0.3) is 0 Å². The zero-order valence-corrected chi connectivity index (χ0v) is 20.2. The number of para-hydroxylation sites is 1. The van der Waals surface area contributed by atoms with Gasteiger partial charge in [0, 0.05) is 16.5 Å². The van der Waals surface area contributed by atoms with Gasteiger partial charge in [0.05, 0.1) is 24.1 Å². The largest absolute Gasteiger partial charge is 0.501 e. The fraction of sp³-hybridized carbons (Fsp3) is 0.0938. The first-order chi connectivity index (χ1) is 17.1. The van der Waals surface area contributed by atoms with Crippen molar-refractivity contribution in [3.63, 3.8) is 0 Å². The monoisotopic (exact) mass is 457 g/mol. The van der Waals surface area contributed by atoms with Crippen molar-refractivity contribution in [2.24, 2.45) is 0 Å². The molecule has 0 saturated heterocycles. The number of ketones is 1. The number of rotatable bonds is 6. The predicted octanol–water partition coefficient (Wildman–Crippen LogP) is 8.43. The molecular weight excluding hydrogens is 430 g/mol. The first-order valence-electron chi connectivity index (χ1n) is 11.7. The third-order valence-electron chi connectivity index (χ3n) is 6.44. The molecule has 35 heavy (non-hydrogen) atoms. The van der Waals surface area contributed by atoms with Gasteiger partial charge in [-0.3, -0.25) is 4.79 Å². The minimum atomic E-state index is -0.0174. The minimum Gasteiger partial charge on any atom is -0.501 e. The van der Waals surface area contributed by atoms with E-state index in [4.69, 9.17) is 4.74 Å². The van der Waals surface area contributed by atoms with Crippen LogP contribution in [0.4, 0.5) is 17.1 Å². The van der Waals surface area contributed by atoms with Gasteiger partial charge in [-0.1, -0.05) is 84.9 Å². The van der Waals surface area contributed by atoms with Crippen LogP contribution in [0.3, 0.4) is 0 Å².